The monoisotopic (exact) mass is 488 g/mol. The van der Waals surface area contributed by atoms with Crippen molar-refractivity contribution >= 4 is 48.1 Å². The summed E-state index contributed by atoms with van der Waals surface area (Å²) >= 11 is 1.33. The van der Waals surface area contributed by atoms with Crippen LogP contribution in [0.25, 0.3) is 10.2 Å². The van der Waals surface area contributed by atoms with Crippen molar-refractivity contribution in [3.8, 4) is 0 Å². The minimum atomic E-state index is -3.44. The van der Waals surface area contributed by atoms with Gasteiger partial charge >= 0.3 is 0 Å². The van der Waals surface area contributed by atoms with Crippen LogP contribution >= 0.6 is 11.3 Å². The molecule has 1 saturated heterocycles. The van der Waals surface area contributed by atoms with Crippen molar-refractivity contribution < 1.29 is 17.9 Å². The molecule has 1 aliphatic heterocycles. The van der Waals surface area contributed by atoms with E-state index in [1.54, 1.807) is 17.0 Å². The number of carbonyl (C=O) groups is 1. The summed E-state index contributed by atoms with van der Waals surface area (Å²) in [5.41, 5.74) is 1.97. The zero-order valence-corrected chi connectivity index (χ0v) is 20.7. The molecule has 2 aromatic carbocycles. The van der Waals surface area contributed by atoms with Crippen LogP contribution in [0, 0.1) is 0 Å². The molecule has 10 heteroatoms. The number of anilines is 2. The second kappa shape index (κ2) is 9.76. The summed E-state index contributed by atoms with van der Waals surface area (Å²) in [6.45, 7) is 4.12. The van der Waals surface area contributed by atoms with Gasteiger partial charge in [0.15, 0.2) is 15.0 Å². The van der Waals surface area contributed by atoms with Crippen LogP contribution in [-0.4, -0.2) is 84.0 Å². The van der Waals surface area contributed by atoms with Crippen molar-refractivity contribution in [3.05, 3.63) is 48.0 Å². The van der Waals surface area contributed by atoms with Crippen molar-refractivity contribution in [1.29, 1.82) is 0 Å². The molecule has 0 unspecified atom stereocenters. The third kappa shape index (κ3) is 5.35. The molecule has 1 aliphatic rings. The number of aromatic nitrogens is 1. The molecule has 1 fully saturated rings. The van der Waals surface area contributed by atoms with Gasteiger partial charge in [0.05, 0.1) is 22.8 Å². The summed E-state index contributed by atoms with van der Waals surface area (Å²) in [7, 11) is 0.458. The Morgan fingerprint density at radius 2 is 1.82 bits per heavy atom. The maximum absolute atomic E-state index is 13.6. The Labute approximate surface area is 198 Å². The maximum atomic E-state index is 13.6. The molecule has 1 aromatic heterocycles. The Morgan fingerprint density at radius 3 is 2.45 bits per heavy atom. The number of fused-ring (bicyclic) bond motifs is 1. The molecule has 2 heterocycles. The van der Waals surface area contributed by atoms with Gasteiger partial charge in [-0.05, 0) is 36.4 Å². The SMILES string of the molecule is CN(C)c1ccc(C(=O)N(CCN2CCOCC2)c2nc3c(S(C)(=O)=O)cccc3s2)cc1. The first-order chi connectivity index (χ1) is 15.7. The Kier molecular flexibility index (Phi) is 6.99. The van der Waals surface area contributed by atoms with Crippen LogP contribution in [0.1, 0.15) is 10.4 Å². The average molecular weight is 489 g/mol. The number of nitrogens with zero attached hydrogens (tertiary/aromatic N) is 4. The maximum Gasteiger partial charge on any atom is 0.260 e. The number of thiazole rings is 1. The van der Waals surface area contributed by atoms with Gasteiger partial charge in [-0.3, -0.25) is 14.6 Å². The van der Waals surface area contributed by atoms with E-state index >= 15 is 0 Å². The summed E-state index contributed by atoms with van der Waals surface area (Å²) in [5.74, 6) is -0.159. The van der Waals surface area contributed by atoms with Crippen LogP contribution in [0.15, 0.2) is 47.4 Å². The fourth-order valence-electron chi connectivity index (χ4n) is 3.73. The van der Waals surface area contributed by atoms with Crippen LogP contribution in [-0.2, 0) is 14.6 Å². The van der Waals surface area contributed by atoms with Crippen molar-refractivity contribution in [1.82, 2.24) is 9.88 Å². The molecule has 1 amide bonds. The largest absolute Gasteiger partial charge is 0.379 e. The molecule has 33 heavy (non-hydrogen) atoms. The molecule has 3 aromatic rings. The van der Waals surface area contributed by atoms with E-state index in [-0.39, 0.29) is 10.8 Å². The van der Waals surface area contributed by atoms with E-state index in [0.717, 1.165) is 23.5 Å². The van der Waals surface area contributed by atoms with Crippen LogP contribution in [0.3, 0.4) is 0 Å². The number of sulfone groups is 1. The predicted molar refractivity (Wildman–Crippen MR) is 132 cm³/mol. The summed E-state index contributed by atoms with van der Waals surface area (Å²) in [5, 5.41) is 0.496. The molecule has 0 aliphatic carbocycles. The van der Waals surface area contributed by atoms with Crippen LogP contribution < -0.4 is 9.80 Å². The smallest absolute Gasteiger partial charge is 0.260 e. The minimum Gasteiger partial charge on any atom is -0.379 e. The summed E-state index contributed by atoms with van der Waals surface area (Å²) in [6, 6.07) is 12.5. The van der Waals surface area contributed by atoms with Gasteiger partial charge < -0.3 is 9.64 Å². The zero-order valence-electron chi connectivity index (χ0n) is 19.0. The molecule has 4 rings (SSSR count). The number of hydrogen-bond donors (Lipinski definition) is 0. The lowest BCUT2D eigenvalue weighted by Gasteiger charge is -2.29. The molecule has 0 bridgehead atoms. The lowest BCUT2D eigenvalue weighted by atomic mass is 10.1. The number of carbonyl (C=O) groups excluding carboxylic acids is 1. The molecule has 0 atom stereocenters. The predicted octanol–water partition coefficient (Wildman–Crippen LogP) is 2.74. The van der Waals surface area contributed by atoms with Gasteiger partial charge in [0.1, 0.15) is 5.52 Å². The van der Waals surface area contributed by atoms with Crippen molar-refractivity contribution in [3.63, 3.8) is 0 Å². The topological polar surface area (TPSA) is 83.1 Å². The highest BCUT2D eigenvalue weighted by Gasteiger charge is 2.24. The normalized spacial score (nSPS) is 15.0. The Hall–Kier alpha value is -2.53. The molecule has 0 N–H and O–H groups in total. The van der Waals surface area contributed by atoms with E-state index in [9.17, 15) is 13.2 Å². The van der Waals surface area contributed by atoms with Gasteiger partial charge in [0, 0.05) is 57.8 Å². The molecule has 0 saturated carbocycles. The highest BCUT2D eigenvalue weighted by molar-refractivity contribution is 7.91. The van der Waals surface area contributed by atoms with Crippen LogP contribution in [0.2, 0.25) is 0 Å². The van der Waals surface area contributed by atoms with E-state index in [2.05, 4.69) is 9.88 Å². The number of amides is 1. The summed E-state index contributed by atoms with van der Waals surface area (Å²) < 4.78 is 30.7. The first kappa shape index (κ1) is 23.6. The molecule has 176 valence electrons. The zero-order chi connectivity index (χ0) is 23.6. The van der Waals surface area contributed by atoms with Gasteiger partial charge in [-0.25, -0.2) is 13.4 Å². The summed E-state index contributed by atoms with van der Waals surface area (Å²) in [6.07, 6.45) is 1.18. The number of hydrogen-bond acceptors (Lipinski definition) is 8. The Morgan fingerprint density at radius 1 is 1.12 bits per heavy atom. The second-order valence-corrected chi connectivity index (χ2v) is 11.2. The summed E-state index contributed by atoms with van der Waals surface area (Å²) in [4.78, 5) is 24.3. The average Bonchev–Trinajstić information content (AvgIpc) is 3.23. The van der Waals surface area contributed by atoms with Gasteiger partial charge in [-0.15, -0.1) is 0 Å². The van der Waals surface area contributed by atoms with Crippen LogP contribution in [0.5, 0.6) is 0 Å². The fourth-order valence-corrected chi connectivity index (χ4v) is 5.65. The molecule has 0 radical (unpaired) electrons. The van der Waals surface area contributed by atoms with E-state index in [4.69, 9.17) is 4.74 Å². The highest BCUT2D eigenvalue weighted by atomic mass is 32.2. The van der Waals surface area contributed by atoms with E-state index in [0.29, 0.717) is 42.5 Å². The van der Waals surface area contributed by atoms with E-state index in [1.165, 1.54) is 17.6 Å². The van der Waals surface area contributed by atoms with Gasteiger partial charge in [0.25, 0.3) is 5.91 Å². The van der Waals surface area contributed by atoms with Gasteiger partial charge in [0.2, 0.25) is 0 Å². The number of rotatable bonds is 7. The number of morpholine rings is 1. The quantitative estimate of drug-likeness (QED) is 0.506. The Balaban J connectivity index is 1.69. The van der Waals surface area contributed by atoms with Gasteiger partial charge in [-0.2, -0.15) is 0 Å². The lowest BCUT2D eigenvalue weighted by molar-refractivity contribution is 0.0391. The molecular formula is C23H28N4O4S2. The van der Waals surface area contributed by atoms with Crippen molar-refractivity contribution in [2.24, 2.45) is 0 Å². The van der Waals surface area contributed by atoms with E-state index < -0.39 is 9.84 Å². The highest BCUT2D eigenvalue weighted by Crippen LogP contribution is 2.33. The third-order valence-corrected chi connectivity index (χ3v) is 7.79. The second-order valence-electron chi connectivity index (χ2n) is 8.22. The minimum absolute atomic E-state index is 0.159. The number of benzene rings is 2. The third-order valence-electron chi connectivity index (χ3n) is 5.62. The number of ether oxygens (including phenoxy) is 1. The fraction of sp³-hybridized carbons (Fsp3) is 0.391. The van der Waals surface area contributed by atoms with E-state index in [1.807, 2.05) is 49.3 Å². The van der Waals surface area contributed by atoms with Crippen LogP contribution in [0.4, 0.5) is 10.8 Å². The molecule has 8 nitrogen and oxygen atoms in total. The van der Waals surface area contributed by atoms with Crippen molar-refractivity contribution in [2.45, 2.75) is 4.90 Å². The lowest BCUT2D eigenvalue weighted by Crippen LogP contribution is -2.43. The first-order valence-corrected chi connectivity index (χ1v) is 13.4. The molecule has 0 spiro atoms. The van der Waals surface area contributed by atoms with Gasteiger partial charge in [-0.1, -0.05) is 17.4 Å². The Bertz CT molecular complexity index is 1230. The molecular weight excluding hydrogens is 460 g/mol. The first-order valence-electron chi connectivity index (χ1n) is 10.7. The number of para-hydroxylation sites is 1. The van der Waals surface area contributed by atoms with Crippen molar-refractivity contribution in [2.75, 3.05) is 69.5 Å². The standard InChI is InChI=1S/C23H28N4O4S2/c1-25(2)18-9-7-17(8-10-18)22(28)27(12-11-26-13-15-31-16-14-26)23-24-21-19(32-23)5-4-6-20(21)33(3,29)30/h4-10H,11-16H2,1-3H3.